The minimum absolute atomic E-state index is 0.0916. The molecule has 6 heteroatoms. The number of carbonyl (C=O) groups excluding carboxylic acids is 1. The van der Waals surface area contributed by atoms with Crippen LogP contribution in [-0.4, -0.2) is 19.1 Å². The Morgan fingerprint density at radius 2 is 1.89 bits per heavy atom. The highest BCUT2D eigenvalue weighted by Crippen LogP contribution is 2.30. The van der Waals surface area contributed by atoms with E-state index < -0.39 is 11.7 Å². The van der Waals surface area contributed by atoms with Crippen LogP contribution < -0.4 is 10.1 Å². The quantitative estimate of drug-likeness (QED) is 0.827. The molecule has 0 spiro atoms. The van der Waals surface area contributed by atoms with E-state index in [1.165, 1.54) is 12.1 Å². The molecule has 0 fully saturated rings. The number of ether oxygens (including phenoxy) is 1. The molecule has 1 aromatic carbocycles. The molecule has 1 rings (SSSR count). The van der Waals surface area contributed by atoms with E-state index in [9.17, 15) is 18.0 Å². The summed E-state index contributed by atoms with van der Waals surface area (Å²) in [6, 6.07) is 4.43. The molecule has 1 N–H and O–H groups in total. The molecule has 0 bridgehead atoms. The Balaban J connectivity index is 2.38. The van der Waals surface area contributed by atoms with Crippen molar-refractivity contribution in [2.45, 2.75) is 19.5 Å². The van der Waals surface area contributed by atoms with Crippen LogP contribution in [0, 0.1) is 0 Å². The van der Waals surface area contributed by atoms with Crippen molar-refractivity contribution < 1.29 is 22.7 Å². The van der Waals surface area contributed by atoms with E-state index in [1.807, 2.05) is 0 Å². The van der Waals surface area contributed by atoms with E-state index in [0.29, 0.717) is 18.7 Å². The van der Waals surface area contributed by atoms with Gasteiger partial charge < -0.3 is 10.1 Å². The molecule has 100 valence electrons. The molecule has 0 unspecified atom stereocenters. The predicted molar refractivity (Wildman–Crippen MR) is 60.2 cm³/mol. The van der Waals surface area contributed by atoms with Gasteiger partial charge in [0.15, 0.2) is 0 Å². The Hall–Kier alpha value is -1.72. The number of halogens is 3. The molecular formula is C12H14F3NO2. The van der Waals surface area contributed by atoms with E-state index in [0.717, 1.165) is 12.1 Å². The summed E-state index contributed by atoms with van der Waals surface area (Å²) < 4.78 is 42.0. The molecular weight excluding hydrogens is 247 g/mol. The van der Waals surface area contributed by atoms with E-state index in [2.05, 4.69) is 5.32 Å². The number of rotatable bonds is 5. The van der Waals surface area contributed by atoms with Crippen molar-refractivity contribution in [3.63, 3.8) is 0 Å². The van der Waals surface area contributed by atoms with Gasteiger partial charge >= 0.3 is 6.18 Å². The summed E-state index contributed by atoms with van der Waals surface area (Å²) in [7, 11) is 0. The summed E-state index contributed by atoms with van der Waals surface area (Å²) in [6.45, 7) is 2.27. The fraction of sp³-hybridized carbons (Fsp3) is 0.417. The van der Waals surface area contributed by atoms with Crippen LogP contribution in [0.4, 0.5) is 13.2 Å². The lowest BCUT2D eigenvalue weighted by Gasteiger charge is -2.09. The molecule has 1 amide bonds. The van der Waals surface area contributed by atoms with Gasteiger partial charge in [-0.1, -0.05) is 6.92 Å². The van der Waals surface area contributed by atoms with Crippen LogP contribution >= 0.6 is 0 Å². The molecule has 0 aromatic heterocycles. The molecule has 3 nitrogen and oxygen atoms in total. The second kappa shape index (κ2) is 6.28. The highest BCUT2D eigenvalue weighted by Gasteiger charge is 2.29. The summed E-state index contributed by atoms with van der Waals surface area (Å²) in [6.07, 6.45) is -3.95. The third kappa shape index (κ3) is 4.65. The second-order valence-electron chi connectivity index (χ2n) is 3.57. The number of hydrogen-bond acceptors (Lipinski definition) is 2. The van der Waals surface area contributed by atoms with Gasteiger partial charge in [-0.2, -0.15) is 13.2 Å². The van der Waals surface area contributed by atoms with Crippen LogP contribution in [0.15, 0.2) is 24.3 Å². The van der Waals surface area contributed by atoms with Crippen LogP contribution in [0.2, 0.25) is 0 Å². The molecule has 0 aliphatic rings. The number of alkyl halides is 3. The number of benzene rings is 1. The first-order valence-corrected chi connectivity index (χ1v) is 5.50. The first-order valence-electron chi connectivity index (χ1n) is 5.50. The summed E-state index contributed by atoms with van der Waals surface area (Å²) in [5.41, 5.74) is -0.714. The topological polar surface area (TPSA) is 38.3 Å². The van der Waals surface area contributed by atoms with Crippen LogP contribution in [0.3, 0.4) is 0 Å². The average molecular weight is 261 g/mol. The summed E-state index contributed by atoms with van der Waals surface area (Å²) in [4.78, 5) is 10.9. The molecule has 0 radical (unpaired) electrons. The fourth-order valence-corrected chi connectivity index (χ4v) is 1.22. The Bertz CT molecular complexity index is 387. The zero-order valence-electron chi connectivity index (χ0n) is 9.88. The van der Waals surface area contributed by atoms with Gasteiger partial charge in [0.1, 0.15) is 12.4 Å². The van der Waals surface area contributed by atoms with Gasteiger partial charge in [-0.25, -0.2) is 0 Å². The number of nitrogens with one attached hydrogen (secondary N) is 1. The van der Waals surface area contributed by atoms with Crippen molar-refractivity contribution >= 4 is 5.91 Å². The SMILES string of the molecule is CCC(=O)NCCOc1ccc(C(F)(F)F)cc1. The molecule has 0 saturated carbocycles. The van der Waals surface area contributed by atoms with E-state index in [4.69, 9.17) is 4.74 Å². The van der Waals surface area contributed by atoms with Crippen LogP contribution in [0.5, 0.6) is 5.75 Å². The maximum Gasteiger partial charge on any atom is 0.416 e. The standard InChI is InChI=1S/C12H14F3NO2/c1-2-11(17)16-7-8-18-10-5-3-9(4-6-10)12(13,14)15/h3-6H,2,7-8H2,1H3,(H,16,17). The third-order valence-corrected chi connectivity index (χ3v) is 2.20. The Morgan fingerprint density at radius 1 is 1.28 bits per heavy atom. The maximum atomic E-state index is 12.3. The summed E-state index contributed by atoms with van der Waals surface area (Å²) in [5, 5.41) is 2.59. The van der Waals surface area contributed by atoms with E-state index in [-0.39, 0.29) is 12.5 Å². The predicted octanol–water partition coefficient (Wildman–Crippen LogP) is 2.61. The summed E-state index contributed by atoms with van der Waals surface area (Å²) in [5.74, 6) is 0.250. The lowest BCUT2D eigenvalue weighted by molar-refractivity contribution is -0.137. The van der Waals surface area contributed by atoms with Crippen molar-refractivity contribution in [2.24, 2.45) is 0 Å². The minimum atomic E-state index is -4.34. The summed E-state index contributed by atoms with van der Waals surface area (Å²) >= 11 is 0. The van der Waals surface area contributed by atoms with E-state index in [1.54, 1.807) is 6.92 Å². The third-order valence-electron chi connectivity index (χ3n) is 2.20. The Kier molecular flexibility index (Phi) is 5.00. The van der Waals surface area contributed by atoms with Gasteiger partial charge in [-0.3, -0.25) is 4.79 Å². The number of amides is 1. The van der Waals surface area contributed by atoms with Gasteiger partial charge in [0.25, 0.3) is 0 Å². The lowest BCUT2D eigenvalue weighted by atomic mass is 10.2. The fourth-order valence-electron chi connectivity index (χ4n) is 1.22. The second-order valence-corrected chi connectivity index (χ2v) is 3.57. The molecule has 0 aliphatic heterocycles. The van der Waals surface area contributed by atoms with Gasteiger partial charge in [0, 0.05) is 6.42 Å². The smallest absolute Gasteiger partial charge is 0.416 e. The first-order chi connectivity index (χ1) is 8.43. The van der Waals surface area contributed by atoms with Crippen LogP contribution in [-0.2, 0) is 11.0 Å². The van der Waals surface area contributed by atoms with Crippen molar-refractivity contribution in [2.75, 3.05) is 13.2 Å². The van der Waals surface area contributed by atoms with Gasteiger partial charge in [-0.15, -0.1) is 0 Å². The maximum absolute atomic E-state index is 12.3. The first kappa shape index (κ1) is 14.3. The van der Waals surface area contributed by atoms with Crippen molar-refractivity contribution in [1.82, 2.24) is 5.32 Å². The van der Waals surface area contributed by atoms with Crippen molar-refractivity contribution in [3.05, 3.63) is 29.8 Å². The lowest BCUT2D eigenvalue weighted by Crippen LogP contribution is -2.27. The van der Waals surface area contributed by atoms with E-state index >= 15 is 0 Å². The van der Waals surface area contributed by atoms with Crippen LogP contribution in [0.25, 0.3) is 0 Å². The van der Waals surface area contributed by atoms with Crippen LogP contribution in [0.1, 0.15) is 18.9 Å². The molecule has 0 saturated heterocycles. The zero-order valence-corrected chi connectivity index (χ0v) is 9.88. The van der Waals surface area contributed by atoms with Gasteiger partial charge in [0.2, 0.25) is 5.91 Å². The molecule has 0 aliphatic carbocycles. The molecule has 0 heterocycles. The normalized spacial score (nSPS) is 11.1. The monoisotopic (exact) mass is 261 g/mol. The minimum Gasteiger partial charge on any atom is -0.492 e. The van der Waals surface area contributed by atoms with Gasteiger partial charge in [0.05, 0.1) is 12.1 Å². The van der Waals surface area contributed by atoms with Gasteiger partial charge in [-0.05, 0) is 24.3 Å². The van der Waals surface area contributed by atoms with Crippen molar-refractivity contribution in [3.8, 4) is 5.75 Å². The molecule has 1 aromatic rings. The number of hydrogen-bond donors (Lipinski definition) is 1. The van der Waals surface area contributed by atoms with Crippen molar-refractivity contribution in [1.29, 1.82) is 0 Å². The number of carbonyl (C=O) groups is 1. The highest BCUT2D eigenvalue weighted by atomic mass is 19.4. The Morgan fingerprint density at radius 3 is 2.39 bits per heavy atom. The highest BCUT2D eigenvalue weighted by molar-refractivity contribution is 5.75. The molecule has 0 atom stereocenters. The Labute approximate surface area is 103 Å². The largest absolute Gasteiger partial charge is 0.492 e. The average Bonchev–Trinajstić information content (AvgIpc) is 2.33. The molecule has 18 heavy (non-hydrogen) atoms. The zero-order chi connectivity index (χ0) is 13.6.